The summed E-state index contributed by atoms with van der Waals surface area (Å²) < 4.78 is 5.35. The van der Waals surface area contributed by atoms with Crippen molar-refractivity contribution in [2.45, 2.75) is 44.7 Å². The molecule has 2 fully saturated rings. The first-order valence-electron chi connectivity index (χ1n) is 11.7. The van der Waals surface area contributed by atoms with Gasteiger partial charge in [-0.2, -0.15) is 0 Å². The van der Waals surface area contributed by atoms with Crippen molar-refractivity contribution < 1.29 is 14.5 Å². The van der Waals surface area contributed by atoms with Crippen LogP contribution in [0.15, 0.2) is 42.5 Å². The fourth-order valence-corrected chi connectivity index (χ4v) is 4.78. The van der Waals surface area contributed by atoms with Crippen molar-refractivity contribution >= 4 is 23.0 Å². The lowest BCUT2D eigenvalue weighted by Crippen LogP contribution is -2.36. The van der Waals surface area contributed by atoms with Crippen molar-refractivity contribution in [3.05, 3.63) is 63.7 Å². The van der Waals surface area contributed by atoms with E-state index in [9.17, 15) is 14.9 Å². The second kappa shape index (κ2) is 10.8. The number of hydrogen-bond donors (Lipinski definition) is 1. The minimum atomic E-state index is -0.422. The number of nitrogens with one attached hydrogen (secondary N) is 1. The van der Waals surface area contributed by atoms with Crippen LogP contribution in [-0.4, -0.2) is 55.1 Å². The number of carbonyl (C=O) groups is 1. The zero-order valence-electron chi connectivity index (χ0n) is 19.2. The lowest BCUT2D eigenvalue weighted by Gasteiger charge is -2.31. The number of para-hydroxylation sites is 1. The van der Waals surface area contributed by atoms with Crippen LogP contribution in [0.25, 0.3) is 0 Å². The third-order valence-electron chi connectivity index (χ3n) is 6.67. The normalized spacial score (nSPS) is 17.2. The third-order valence-corrected chi connectivity index (χ3v) is 6.67. The molecule has 0 radical (unpaired) electrons. The summed E-state index contributed by atoms with van der Waals surface area (Å²) in [6, 6.07) is 13.0. The number of carbonyl (C=O) groups excluding carboxylic acids is 1. The molecule has 1 saturated heterocycles. The largest absolute Gasteiger partial charge is 0.378 e. The molecule has 0 bridgehead atoms. The van der Waals surface area contributed by atoms with E-state index in [1.807, 2.05) is 29.2 Å². The Morgan fingerprint density at radius 3 is 2.61 bits per heavy atom. The molecule has 176 valence electrons. The van der Waals surface area contributed by atoms with E-state index in [4.69, 9.17) is 4.74 Å². The molecule has 0 spiro atoms. The minimum Gasteiger partial charge on any atom is -0.378 e. The number of hydrogen-bond acceptors (Lipinski definition) is 6. The maximum Gasteiger partial charge on any atom is 0.293 e. The number of amides is 1. The fourth-order valence-electron chi connectivity index (χ4n) is 4.78. The summed E-state index contributed by atoms with van der Waals surface area (Å²) in [5.41, 5.74) is 2.52. The highest BCUT2D eigenvalue weighted by atomic mass is 16.6. The number of rotatable bonds is 7. The van der Waals surface area contributed by atoms with Crippen molar-refractivity contribution in [3.63, 3.8) is 0 Å². The van der Waals surface area contributed by atoms with Crippen LogP contribution in [0, 0.1) is 10.1 Å². The summed E-state index contributed by atoms with van der Waals surface area (Å²) in [7, 11) is 2.14. The first-order chi connectivity index (χ1) is 16.0. The van der Waals surface area contributed by atoms with Gasteiger partial charge in [0.1, 0.15) is 5.69 Å². The highest BCUT2D eigenvalue weighted by Gasteiger charge is 2.24. The van der Waals surface area contributed by atoms with Crippen molar-refractivity contribution in [3.8, 4) is 0 Å². The van der Waals surface area contributed by atoms with Gasteiger partial charge in [0.2, 0.25) is 0 Å². The highest BCUT2D eigenvalue weighted by molar-refractivity contribution is 6.05. The quantitative estimate of drug-likeness (QED) is 0.493. The molecule has 8 nitrogen and oxygen atoms in total. The first-order valence-corrected chi connectivity index (χ1v) is 11.7. The van der Waals surface area contributed by atoms with E-state index in [2.05, 4.69) is 17.3 Å². The second-order valence-electron chi connectivity index (χ2n) is 8.88. The van der Waals surface area contributed by atoms with Gasteiger partial charge in [-0.1, -0.05) is 37.5 Å². The van der Waals surface area contributed by atoms with Gasteiger partial charge in [0.05, 0.1) is 18.1 Å². The summed E-state index contributed by atoms with van der Waals surface area (Å²) in [5.74, 6) is -0.348. The molecule has 2 aromatic carbocycles. The Labute approximate surface area is 194 Å². The van der Waals surface area contributed by atoms with Crippen LogP contribution < -0.4 is 10.2 Å². The van der Waals surface area contributed by atoms with Gasteiger partial charge in [0.25, 0.3) is 11.6 Å². The molecular weight excluding hydrogens is 420 g/mol. The van der Waals surface area contributed by atoms with Gasteiger partial charge in [0.15, 0.2) is 0 Å². The van der Waals surface area contributed by atoms with E-state index >= 15 is 0 Å². The maximum absolute atomic E-state index is 13.0. The van der Waals surface area contributed by atoms with Crippen molar-refractivity contribution in [1.82, 2.24) is 4.90 Å². The predicted octanol–water partition coefficient (Wildman–Crippen LogP) is 4.45. The number of anilines is 2. The standard InChI is InChI=1S/C25H32N4O4/c1-27(21-8-3-2-4-9-21)18-20-7-5-6-10-22(20)26-25(30)19-11-12-23(24(17-19)29(31)32)28-13-15-33-16-14-28/h5-7,10-12,17,21H,2-4,8-9,13-16,18H2,1H3,(H,26,30). The van der Waals surface area contributed by atoms with Gasteiger partial charge < -0.3 is 15.0 Å². The lowest BCUT2D eigenvalue weighted by molar-refractivity contribution is -0.384. The Kier molecular flexibility index (Phi) is 7.57. The molecule has 1 amide bonds. The number of nitro benzene ring substituents is 1. The van der Waals surface area contributed by atoms with Gasteiger partial charge >= 0.3 is 0 Å². The maximum atomic E-state index is 13.0. The van der Waals surface area contributed by atoms with Crippen molar-refractivity contribution in [2.24, 2.45) is 0 Å². The Bertz CT molecular complexity index is 984. The van der Waals surface area contributed by atoms with Gasteiger partial charge in [-0.3, -0.25) is 19.8 Å². The summed E-state index contributed by atoms with van der Waals surface area (Å²) in [6.07, 6.45) is 6.28. The zero-order chi connectivity index (χ0) is 23.2. The molecular formula is C25H32N4O4. The van der Waals surface area contributed by atoms with Crippen LogP contribution in [0.5, 0.6) is 0 Å². The van der Waals surface area contributed by atoms with Gasteiger partial charge in [0, 0.05) is 43.0 Å². The summed E-state index contributed by atoms with van der Waals surface area (Å²) >= 11 is 0. The molecule has 1 aliphatic heterocycles. The van der Waals surface area contributed by atoms with Crippen molar-refractivity contribution in [1.29, 1.82) is 0 Å². The Morgan fingerprint density at radius 1 is 1.15 bits per heavy atom. The number of nitro groups is 1. The molecule has 0 aromatic heterocycles. The van der Waals surface area contributed by atoms with E-state index in [1.165, 1.54) is 38.2 Å². The van der Waals surface area contributed by atoms with Gasteiger partial charge in [-0.05, 0) is 43.7 Å². The van der Waals surface area contributed by atoms with E-state index in [0.29, 0.717) is 38.0 Å². The number of nitrogens with zero attached hydrogens (tertiary/aromatic N) is 3. The van der Waals surface area contributed by atoms with Crippen LogP contribution in [0.1, 0.15) is 48.0 Å². The van der Waals surface area contributed by atoms with E-state index in [0.717, 1.165) is 17.8 Å². The zero-order valence-corrected chi connectivity index (χ0v) is 19.2. The summed E-state index contributed by atoms with van der Waals surface area (Å²) in [5, 5.41) is 14.7. The molecule has 1 heterocycles. The SMILES string of the molecule is CN(Cc1ccccc1NC(=O)c1ccc(N2CCOCC2)c([N+](=O)[O-])c1)C1CCCCC1. The Hall–Kier alpha value is -2.97. The average molecular weight is 453 g/mol. The predicted molar refractivity (Wildman–Crippen MR) is 129 cm³/mol. The second-order valence-corrected chi connectivity index (χ2v) is 8.88. The molecule has 0 atom stereocenters. The number of morpholine rings is 1. The molecule has 2 aromatic rings. The van der Waals surface area contributed by atoms with Crippen LogP contribution in [0.4, 0.5) is 17.1 Å². The Morgan fingerprint density at radius 2 is 1.88 bits per heavy atom. The minimum absolute atomic E-state index is 0.0603. The summed E-state index contributed by atoms with van der Waals surface area (Å²) in [4.78, 5) is 28.6. The molecule has 1 N–H and O–H groups in total. The topological polar surface area (TPSA) is 88.0 Å². The molecule has 4 rings (SSSR count). The number of benzene rings is 2. The fraction of sp³-hybridized carbons (Fsp3) is 0.480. The van der Waals surface area contributed by atoms with Crippen molar-refractivity contribution in [2.75, 3.05) is 43.6 Å². The van der Waals surface area contributed by atoms with Crippen LogP contribution in [0.2, 0.25) is 0 Å². The smallest absolute Gasteiger partial charge is 0.293 e. The van der Waals surface area contributed by atoms with E-state index in [-0.39, 0.29) is 17.2 Å². The molecule has 2 aliphatic rings. The van der Waals surface area contributed by atoms with Crippen LogP contribution >= 0.6 is 0 Å². The molecule has 8 heteroatoms. The average Bonchev–Trinajstić information content (AvgIpc) is 2.85. The molecule has 0 unspecified atom stereocenters. The lowest BCUT2D eigenvalue weighted by atomic mass is 9.94. The first kappa shape index (κ1) is 23.2. The summed E-state index contributed by atoms with van der Waals surface area (Å²) in [6.45, 7) is 3.00. The molecule has 1 saturated carbocycles. The molecule has 33 heavy (non-hydrogen) atoms. The number of ether oxygens (including phenoxy) is 1. The van der Waals surface area contributed by atoms with Crippen LogP contribution in [-0.2, 0) is 11.3 Å². The highest BCUT2D eigenvalue weighted by Crippen LogP contribution is 2.31. The van der Waals surface area contributed by atoms with Gasteiger partial charge in [-0.25, -0.2) is 0 Å². The Balaban J connectivity index is 1.50. The van der Waals surface area contributed by atoms with Crippen LogP contribution in [0.3, 0.4) is 0 Å². The van der Waals surface area contributed by atoms with E-state index < -0.39 is 4.92 Å². The van der Waals surface area contributed by atoms with E-state index in [1.54, 1.807) is 12.1 Å². The van der Waals surface area contributed by atoms with Gasteiger partial charge in [-0.15, -0.1) is 0 Å². The third kappa shape index (κ3) is 5.69. The monoisotopic (exact) mass is 452 g/mol. The molecule has 1 aliphatic carbocycles.